The van der Waals surface area contributed by atoms with Gasteiger partial charge in [-0.2, -0.15) is 5.10 Å². The van der Waals surface area contributed by atoms with Gasteiger partial charge in [0, 0.05) is 20.6 Å². The number of nitrogens with one attached hydrogen (secondary N) is 3. The molecule has 1 aromatic carbocycles. The molecule has 152 valence electrons. The van der Waals surface area contributed by atoms with Crippen LogP contribution in [0.4, 0.5) is 4.79 Å². The molecular formula is C19H29N7O2. The zero-order valence-corrected chi connectivity index (χ0v) is 17.1. The van der Waals surface area contributed by atoms with Crippen LogP contribution in [0.1, 0.15) is 38.2 Å². The number of ether oxygens (including phenoxy) is 1. The van der Waals surface area contributed by atoms with Gasteiger partial charge in [0.1, 0.15) is 17.8 Å². The number of aryl methyl sites for hydroxylation is 1. The lowest BCUT2D eigenvalue weighted by molar-refractivity contribution is 0.0504. The standard InChI is InChI=1S/C19H29N7O2/c1-19(2,3)28-18(27)25-15(14-9-7-6-8-10-14)11-21-17(20-4)22-12-16-23-13-24-26(16)5/h6-10,13,15H,11-12H2,1-5H3,(H,25,27)(H2,20,21,22). The Labute approximate surface area is 165 Å². The van der Waals surface area contributed by atoms with E-state index in [1.807, 2.05) is 58.2 Å². The normalized spacial score (nSPS) is 13.0. The minimum Gasteiger partial charge on any atom is -0.444 e. The Bertz CT molecular complexity index is 781. The van der Waals surface area contributed by atoms with Crippen LogP contribution < -0.4 is 16.0 Å². The van der Waals surface area contributed by atoms with Gasteiger partial charge in [0.05, 0.1) is 12.6 Å². The van der Waals surface area contributed by atoms with Crippen LogP contribution in [0.15, 0.2) is 41.7 Å². The number of carbonyl (C=O) groups excluding carboxylic acids is 1. The number of benzene rings is 1. The smallest absolute Gasteiger partial charge is 0.408 e. The third-order valence-electron chi connectivity index (χ3n) is 3.81. The summed E-state index contributed by atoms with van der Waals surface area (Å²) in [6, 6.07) is 9.42. The number of guanidine groups is 1. The zero-order valence-electron chi connectivity index (χ0n) is 17.1. The second-order valence-corrected chi connectivity index (χ2v) is 7.22. The topological polar surface area (TPSA) is 105 Å². The molecule has 0 radical (unpaired) electrons. The number of amides is 1. The molecule has 1 amide bonds. The number of aliphatic imine (C=N–C) groups is 1. The van der Waals surface area contributed by atoms with Crippen LogP contribution in [0.2, 0.25) is 0 Å². The maximum atomic E-state index is 12.3. The maximum absolute atomic E-state index is 12.3. The Morgan fingerprint density at radius 3 is 2.54 bits per heavy atom. The number of rotatable bonds is 6. The van der Waals surface area contributed by atoms with Crippen molar-refractivity contribution in [2.75, 3.05) is 13.6 Å². The molecule has 1 aromatic heterocycles. The second kappa shape index (κ2) is 9.72. The number of hydrogen-bond donors (Lipinski definition) is 3. The lowest BCUT2D eigenvalue weighted by Crippen LogP contribution is -2.44. The fourth-order valence-corrected chi connectivity index (χ4v) is 2.45. The van der Waals surface area contributed by atoms with Gasteiger partial charge in [-0.05, 0) is 26.3 Å². The molecule has 1 unspecified atom stereocenters. The van der Waals surface area contributed by atoms with E-state index < -0.39 is 11.7 Å². The third-order valence-corrected chi connectivity index (χ3v) is 3.81. The molecule has 2 aromatic rings. The minimum atomic E-state index is -0.563. The number of alkyl carbamates (subject to hydrolysis) is 1. The summed E-state index contributed by atoms with van der Waals surface area (Å²) in [6.07, 6.45) is 1.04. The van der Waals surface area contributed by atoms with Gasteiger partial charge in [0.2, 0.25) is 0 Å². The van der Waals surface area contributed by atoms with Gasteiger partial charge in [-0.15, -0.1) is 0 Å². The molecule has 0 fully saturated rings. The molecule has 28 heavy (non-hydrogen) atoms. The van der Waals surface area contributed by atoms with Crippen LogP contribution in [-0.4, -0.2) is 46.0 Å². The molecule has 0 saturated heterocycles. The summed E-state index contributed by atoms with van der Waals surface area (Å²) in [5, 5.41) is 13.4. The lowest BCUT2D eigenvalue weighted by atomic mass is 10.1. The average molecular weight is 387 g/mol. The van der Waals surface area contributed by atoms with Gasteiger partial charge in [0.15, 0.2) is 5.96 Å². The van der Waals surface area contributed by atoms with Gasteiger partial charge in [0.25, 0.3) is 0 Å². The molecule has 3 N–H and O–H groups in total. The van der Waals surface area contributed by atoms with E-state index in [0.29, 0.717) is 19.0 Å². The summed E-state index contributed by atoms with van der Waals surface area (Å²) < 4.78 is 7.08. The maximum Gasteiger partial charge on any atom is 0.408 e. The quantitative estimate of drug-likeness (QED) is 0.515. The molecule has 9 nitrogen and oxygen atoms in total. The molecule has 0 aliphatic rings. The average Bonchev–Trinajstić information content (AvgIpc) is 3.05. The molecule has 0 spiro atoms. The minimum absolute atomic E-state index is 0.288. The molecule has 1 heterocycles. The van der Waals surface area contributed by atoms with Crippen molar-refractivity contribution in [1.82, 2.24) is 30.7 Å². The Kier molecular flexibility index (Phi) is 7.36. The van der Waals surface area contributed by atoms with Crippen LogP contribution in [0.3, 0.4) is 0 Å². The summed E-state index contributed by atoms with van der Waals surface area (Å²) in [5.74, 6) is 1.38. The van der Waals surface area contributed by atoms with E-state index in [9.17, 15) is 4.79 Å². The molecule has 9 heteroatoms. The summed E-state index contributed by atoms with van der Waals surface area (Å²) >= 11 is 0. The van der Waals surface area contributed by atoms with Crippen LogP contribution in [0.5, 0.6) is 0 Å². The Morgan fingerprint density at radius 2 is 1.96 bits per heavy atom. The van der Waals surface area contributed by atoms with Gasteiger partial charge in [-0.1, -0.05) is 30.3 Å². The molecule has 0 bridgehead atoms. The molecule has 2 rings (SSSR count). The van der Waals surface area contributed by atoms with Crippen molar-refractivity contribution in [1.29, 1.82) is 0 Å². The highest BCUT2D eigenvalue weighted by Crippen LogP contribution is 2.14. The van der Waals surface area contributed by atoms with Crippen molar-refractivity contribution in [2.45, 2.75) is 39.0 Å². The first kappa shape index (κ1) is 21.2. The molecule has 1 atom stereocenters. The Balaban J connectivity index is 1.98. The fourth-order valence-electron chi connectivity index (χ4n) is 2.45. The summed E-state index contributed by atoms with van der Waals surface area (Å²) in [7, 11) is 3.52. The molecule has 0 saturated carbocycles. The van der Waals surface area contributed by atoms with Crippen molar-refractivity contribution in [3.05, 3.63) is 48.0 Å². The van der Waals surface area contributed by atoms with E-state index in [1.165, 1.54) is 6.33 Å². The second-order valence-electron chi connectivity index (χ2n) is 7.22. The van der Waals surface area contributed by atoms with Crippen molar-refractivity contribution in [3.8, 4) is 0 Å². The third kappa shape index (κ3) is 6.90. The highest BCUT2D eigenvalue weighted by Gasteiger charge is 2.20. The molecular weight excluding hydrogens is 358 g/mol. The van der Waals surface area contributed by atoms with Gasteiger partial charge in [-0.25, -0.2) is 9.78 Å². The fraction of sp³-hybridized carbons (Fsp3) is 0.474. The first-order valence-corrected chi connectivity index (χ1v) is 9.10. The Hall–Kier alpha value is -3.10. The summed E-state index contributed by atoms with van der Waals surface area (Å²) in [4.78, 5) is 20.6. The SMILES string of the molecule is CN=C(NCc1ncnn1C)NCC(NC(=O)OC(C)(C)C)c1ccccc1. The monoisotopic (exact) mass is 387 g/mol. The van der Waals surface area contributed by atoms with E-state index >= 15 is 0 Å². The van der Waals surface area contributed by atoms with Crippen LogP contribution in [0.25, 0.3) is 0 Å². The van der Waals surface area contributed by atoms with E-state index in [1.54, 1.807) is 11.7 Å². The van der Waals surface area contributed by atoms with Gasteiger partial charge >= 0.3 is 6.09 Å². The molecule has 0 aliphatic heterocycles. The molecule has 0 aliphatic carbocycles. The predicted molar refractivity (Wildman–Crippen MR) is 108 cm³/mol. The predicted octanol–water partition coefficient (Wildman–Crippen LogP) is 1.75. The van der Waals surface area contributed by atoms with Gasteiger partial charge < -0.3 is 20.7 Å². The van der Waals surface area contributed by atoms with Gasteiger partial charge in [-0.3, -0.25) is 9.67 Å². The van der Waals surface area contributed by atoms with Crippen molar-refractivity contribution in [3.63, 3.8) is 0 Å². The van der Waals surface area contributed by atoms with E-state index in [4.69, 9.17) is 4.74 Å². The number of carbonyl (C=O) groups is 1. The van der Waals surface area contributed by atoms with Crippen LogP contribution >= 0.6 is 0 Å². The Morgan fingerprint density at radius 1 is 1.25 bits per heavy atom. The van der Waals surface area contributed by atoms with Crippen molar-refractivity contribution >= 4 is 12.1 Å². The number of aromatic nitrogens is 3. The highest BCUT2D eigenvalue weighted by atomic mass is 16.6. The van der Waals surface area contributed by atoms with Crippen molar-refractivity contribution < 1.29 is 9.53 Å². The van der Waals surface area contributed by atoms with E-state index in [-0.39, 0.29) is 6.04 Å². The van der Waals surface area contributed by atoms with Crippen molar-refractivity contribution in [2.24, 2.45) is 12.0 Å². The van der Waals surface area contributed by atoms with E-state index in [0.717, 1.165) is 11.4 Å². The zero-order chi connectivity index (χ0) is 20.6. The van der Waals surface area contributed by atoms with E-state index in [2.05, 4.69) is 31.0 Å². The number of nitrogens with zero attached hydrogens (tertiary/aromatic N) is 4. The summed E-state index contributed by atoms with van der Waals surface area (Å²) in [6.45, 7) is 6.41. The lowest BCUT2D eigenvalue weighted by Gasteiger charge is -2.24. The highest BCUT2D eigenvalue weighted by molar-refractivity contribution is 5.79. The van der Waals surface area contributed by atoms with Crippen LogP contribution in [-0.2, 0) is 18.3 Å². The first-order chi connectivity index (χ1) is 13.3. The number of hydrogen-bond acceptors (Lipinski definition) is 5. The largest absolute Gasteiger partial charge is 0.444 e. The first-order valence-electron chi connectivity index (χ1n) is 9.10. The summed E-state index contributed by atoms with van der Waals surface area (Å²) in [5.41, 5.74) is 0.400. The van der Waals surface area contributed by atoms with Crippen LogP contribution in [0, 0.1) is 0 Å².